The van der Waals surface area contributed by atoms with Gasteiger partial charge in [0.15, 0.2) is 0 Å². The summed E-state index contributed by atoms with van der Waals surface area (Å²) in [4.78, 5) is 18.7. The van der Waals surface area contributed by atoms with Crippen LogP contribution in [-0.4, -0.2) is 42.5 Å². The highest BCUT2D eigenvalue weighted by molar-refractivity contribution is 5.91. The van der Waals surface area contributed by atoms with Gasteiger partial charge in [0, 0.05) is 12.1 Å². The number of rotatable bonds is 5. The van der Waals surface area contributed by atoms with E-state index in [0.717, 1.165) is 4.85 Å². The molecule has 0 saturated carbocycles. The van der Waals surface area contributed by atoms with E-state index in [0.29, 0.717) is 28.3 Å². The van der Waals surface area contributed by atoms with E-state index in [9.17, 15) is 4.79 Å². The summed E-state index contributed by atoms with van der Waals surface area (Å²) in [5.41, 5.74) is 1.35. The molecule has 8 heteroatoms. The molecule has 0 saturated heterocycles. The minimum absolute atomic E-state index is 0.262. The fourth-order valence-corrected chi connectivity index (χ4v) is 2.13. The maximum atomic E-state index is 12.4. The van der Waals surface area contributed by atoms with Gasteiger partial charge in [-0.3, -0.25) is 0 Å². The van der Waals surface area contributed by atoms with Crippen molar-refractivity contribution in [2.24, 2.45) is 0 Å². The molecule has 1 aromatic heterocycles. The van der Waals surface area contributed by atoms with Crippen molar-refractivity contribution >= 4 is 17.0 Å². The van der Waals surface area contributed by atoms with Gasteiger partial charge in [0.25, 0.3) is 0 Å². The Morgan fingerprint density at radius 2 is 1.58 bits per heavy atom. The smallest absolute Gasteiger partial charge is 0.366 e. The number of carbonyl (C=O) groups is 1. The van der Waals surface area contributed by atoms with Crippen molar-refractivity contribution < 1.29 is 23.8 Å². The number of aromatic nitrogens is 3. The number of hydrogen-bond donors (Lipinski definition) is 0. The molecule has 124 valence electrons. The molecule has 3 aromatic rings. The molecule has 0 bridgehead atoms. The minimum atomic E-state index is -0.623. The first-order valence-corrected chi connectivity index (χ1v) is 7.00. The van der Waals surface area contributed by atoms with Gasteiger partial charge in [0.1, 0.15) is 28.3 Å². The van der Waals surface area contributed by atoms with Crippen LogP contribution in [0.25, 0.3) is 11.0 Å². The van der Waals surface area contributed by atoms with E-state index >= 15 is 0 Å². The number of fused-ring (bicyclic) bond motifs is 1. The van der Waals surface area contributed by atoms with E-state index in [1.54, 1.807) is 43.5 Å². The maximum absolute atomic E-state index is 12.4. The standard InChI is InChI=1S/C16H15N3O5/c1-21-11-4-5-14-15(9-11)19(18-17-14)24-16(20)10-6-12(22-2)8-13(7-10)23-3/h4-9H,1-3H3. The molecular formula is C16H15N3O5. The molecule has 0 fully saturated rings. The van der Waals surface area contributed by atoms with Crippen LogP contribution in [0.15, 0.2) is 36.4 Å². The normalized spacial score (nSPS) is 10.5. The average molecular weight is 329 g/mol. The fraction of sp³-hybridized carbons (Fsp3) is 0.188. The second-order valence-electron chi connectivity index (χ2n) is 4.80. The molecule has 0 unspecified atom stereocenters. The van der Waals surface area contributed by atoms with Crippen LogP contribution >= 0.6 is 0 Å². The lowest BCUT2D eigenvalue weighted by atomic mass is 10.2. The highest BCUT2D eigenvalue weighted by Gasteiger charge is 2.15. The van der Waals surface area contributed by atoms with Gasteiger partial charge in [0.05, 0.1) is 26.9 Å². The second kappa shape index (κ2) is 6.45. The van der Waals surface area contributed by atoms with Gasteiger partial charge in [-0.1, -0.05) is 4.85 Å². The van der Waals surface area contributed by atoms with Crippen LogP contribution in [0, 0.1) is 0 Å². The van der Waals surface area contributed by atoms with Crippen molar-refractivity contribution in [3.8, 4) is 17.2 Å². The lowest BCUT2D eigenvalue weighted by molar-refractivity contribution is 0.0408. The Morgan fingerprint density at radius 1 is 0.917 bits per heavy atom. The number of nitrogens with zero attached hydrogens (tertiary/aromatic N) is 3. The van der Waals surface area contributed by atoms with Gasteiger partial charge in [-0.2, -0.15) is 0 Å². The molecule has 3 rings (SSSR count). The quantitative estimate of drug-likeness (QED) is 0.659. The van der Waals surface area contributed by atoms with E-state index in [1.165, 1.54) is 14.2 Å². The van der Waals surface area contributed by atoms with Crippen molar-refractivity contribution in [2.45, 2.75) is 0 Å². The summed E-state index contributed by atoms with van der Waals surface area (Å²) in [5, 5.41) is 7.77. The van der Waals surface area contributed by atoms with E-state index in [-0.39, 0.29) is 5.56 Å². The summed E-state index contributed by atoms with van der Waals surface area (Å²) in [7, 11) is 4.55. The number of hydrogen-bond acceptors (Lipinski definition) is 7. The second-order valence-corrected chi connectivity index (χ2v) is 4.80. The Bertz CT molecular complexity index is 868. The molecule has 8 nitrogen and oxygen atoms in total. The molecule has 24 heavy (non-hydrogen) atoms. The molecule has 1 heterocycles. The molecular weight excluding hydrogens is 314 g/mol. The Hall–Kier alpha value is -3.29. The Labute approximate surface area is 137 Å². The Morgan fingerprint density at radius 3 is 2.21 bits per heavy atom. The fourth-order valence-electron chi connectivity index (χ4n) is 2.13. The average Bonchev–Trinajstić information content (AvgIpc) is 3.03. The Balaban J connectivity index is 1.92. The van der Waals surface area contributed by atoms with E-state index < -0.39 is 5.97 Å². The highest BCUT2D eigenvalue weighted by atomic mass is 16.7. The molecule has 0 spiro atoms. The topological polar surface area (TPSA) is 84.7 Å². The predicted molar refractivity (Wildman–Crippen MR) is 84.5 cm³/mol. The summed E-state index contributed by atoms with van der Waals surface area (Å²) in [5.74, 6) is 0.935. The first kappa shape index (κ1) is 15.6. The number of ether oxygens (including phenoxy) is 3. The van der Waals surface area contributed by atoms with E-state index in [1.807, 2.05) is 0 Å². The first-order chi connectivity index (χ1) is 11.6. The molecule has 0 N–H and O–H groups in total. The van der Waals surface area contributed by atoms with E-state index in [2.05, 4.69) is 10.3 Å². The monoisotopic (exact) mass is 329 g/mol. The van der Waals surface area contributed by atoms with E-state index in [4.69, 9.17) is 19.0 Å². The lowest BCUT2D eigenvalue weighted by Crippen LogP contribution is -2.21. The first-order valence-electron chi connectivity index (χ1n) is 7.00. The van der Waals surface area contributed by atoms with Crippen LogP contribution in [0.2, 0.25) is 0 Å². The third kappa shape index (κ3) is 2.94. The van der Waals surface area contributed by atoms with Crippen molar-refractivity contribution in [1.82, 2.24) is 15.2 Å². The number of carbonyl (C=O) groups excluding carboxylic acids is 1. The number of benzene rings is 2. The summed E-state index contributed by atoms with van der Waals surface area (Å²) in [6.07, 6.45) is 0. The molecule has 0 atom stereocenters. The van der Waals surface area contributed by atoms with Gasteiger partial charge in [0.2, 0.25) is 0 Å². The van der Waals surface area contributed by atoms with Crippen LogP contribution in [0.1, 0.15) is 10.4 Å². The van der Waals surface area contributed by atoms with Crippen molar-refractivity contribution in [2.75, 3.05) is 21.3 Å². The zero-order chi connectivity index (χ0) is 17.1. The molecule has 2 aromatic carbocycles. The molecule has 0 radical (unpaired) electrons. The van der Waals surface area contributed by atoms with Crippen LogP contribution in [0.5, 0.6) is 17.2 Å². The third-order valence-corrected chi connectivity index (χ3v) is 3.38. The van der Waals surface area contributed by atoms with Crippen LogP contribution in [0.3, 0.4) is 0 Å². The number of methoxy groups -OCH3 is 3. The Kier molecular flexibility index (Phi) is 4.19. The largest absolute Gasteiger partial charge is 0.497 e. The summed E-state index contributed by atoms with van der Waals surface area (Å²) >= 11 is 0. The minimum Gasteiger partial charge on any atom is -0.497 e. The molecule has 0 aliphatic heterocycles. The van der Waals surface area contributed by atoms with Crippen LogP contribution in [-0.2, 0) is 0 Å². The lowest BCUT2D eigenvalue weighted by Gasteiger charge is -2.08. The van der Waals surface area contributed by atoms with Crippen molar-refractivity contribution in [3.63, 3.8) is 0 Å². The van der Waals surface area contributed by atoms with Crippen molar-refractivity contribution in [3.05, 3.63) is 42.0 Å². The van der Waals surface area contributed by atoms with Gasteiger partial charge >= 0.3 is 5.97 Å². The SMILES string of the molecule is COc1cc(OC)cc(C(=O)On2nnc3ccc(OC)cc32)c1. The summed E-state index contributed by atoms with van der Waals surface area (Å²) in [6.45, 7) is 0. The molecule has 0 amide bonds. The van der Waals surface area contributed by atoms with Crippen LogP contribution in [0.4, 0.5) is 0 Å². The van der Waals surface area contributed by atoms with Gasteiger partial charge in [-0.05, 0) is 29.5 Å². The third-order valence-electron chi connectivity index (χ3n) is 3.38. The van der Waals surface area contributed by atoms with Gasteiger partial charge < -0.3 is 19.0 Å². The predicted octanol–water partition coefficient (Wildman–Crippen LogP) is 1.73. The van der Waals surface area contributed by atoms with Crippen molar-refractivity contribution in [1.29, 1.82) is 0 Å². The molecule has 0 aliphatic rings. The highest BCUT2D eigenvalue weighted by Crippen LogP contribution is 2.23. The van der Waals surface area contributed by atoms with Gasteiger partial charge in [-0.25, -0.2) is 4.79 Å². The summed E-state index contributed by atoms with van der Waals surface area (Å²) < 4.78 is 15.4. The maximum Gasteiger partial charge on any atom is 0.366 e. The van der Waals surface area contributed by atoms with Crippen LogP contribution < -0.4 is 19.0 Å². The zero-order valence-electron chi connectivity index (χ0n) is 13.3. The van der Waals surface area contributed by atoms with Gasteiger partial charge in [-0.15, -0.1) is 5.10 Å². The summed E-state index contributed by atoms with van der Waals surface area (Å²) in [6, 6.07) is 9.90. The zero-order valence-corrected chi connectivity index (χ0v) is 13.3. The molecule has 0 aliphatic carbocycles.